The van der Waals surface area contributed by atoms with Gasteiger partial charge in [-0.1, -0.05) is 46.9 Å². The lowest BCUT2D eigenvalue weighted by Gasteiger charge is -2.18. The number of para-hydroxylation sites is 1. The van der Waals surface area contributed by atoms with E-state index in [1.165, 1.54) is 47.4 Å². The van der Waals surface area contributed by atoms with Crippen molar-refractivity contribution in [3.05, 3.63) is 68.4 Å². The lowest BCUT2D eigenvalue weighted by atomic mass is 10.3. The number of anilines is 2. The smallest absolute Gasteiger partial charge is 0.230 e. The standard InChI is InChI=1S/C18H12Cl3FN2O2S/c1-10(25)24(16-5-3-2-4-15(16)22)18-23-11(9-27-18)8-26-17-7-13(20)12(19)6-14(17)21/h2-7,9H,8H2,1H3. The normalized spacial score (nSPS) is 10.7. The molecular weight excluding hydrogens is 434 g/mol. The molecule has 0 atom stereocenters. The third kappa shape index (κ3) is 4.52. The highest BCUT2D eigenvalue weighted by Gasteiger charge is 2.21. The largest absolute Gasteiger partial charge is 0.486 e. The topological polar surface area (TPSA) is 42.4 Å². The van der Waals surface area contributed by atoms with Crippen molar-refractivity contribution >= 4 is 62.9 Å². The fraction of sp³-hybridized carbons (Fsp3) is 0.111. The van der Waals surface area contributed by atoms with E-state index in [4.69, 9.17) is 39.5 Å². The van der Waals surface area contributed by atoms with Crippen LogP contribution in [0.4, 0.5) is 15.2 Å². The number of aromatic nitrogens is 1. The molecule has 4 nitrogen and oxygen atoms in total. The second-order valence-corrected chi connectivity index (χ2v) is 7.47. The number of hydrogen-bond acceptors (Lipinski definition) is 4. The van der Waals surface area contributed by atoms with Crippen LogP contribution in [-0.4, -0.2) is 10.9 Å². The fourth-order valence-electron chi connectivity index (χ4n) is 2.27. The first-order valence-corrected chi connectivity index (χ1v) is 9.65. The van der Waals surface area contributed by atoms with Gasteiger partial charge in [-0.25, -0.2) is 9.37 Å². The number of thiazole rings is 1. The Morgan fingerprint density at radius 1 is 1.19 bits per heavy atom. The van der Waals surface area contributed by atoms with Gasteiger partial charge in [0.05, 0.1) is 26.4 Å². The number of halogens is 4. The summed E-state index contributed by atoms with van der Waals surface area (Å²) in [5.41, 5.74) is 0.694. The van der Waals surface area contributed by atoms with Crippen molar-refractivity contribution in [3.8, 4) is 5.75 Å². The Hall–Kier alpha value is -1.86. The summed E-state index contributed by atoms with van der Waals surface area (Å²) >= 11 is 19.1. The predicted molar refractivity (Wildman–Crippen MR) is 107 cm³/mol. The number of carbonyl (C=O) groups excluding carboxylic acids is 1. The Labute approximate surface area is 174 Å². The molecule has 0 aliphatic heterocycles. The molecule has 0 unspecified atom stereocenters. The number of nitrogens with zero attached hydrogens (tertiary/aromatic N) is 2. The molecule has 9 heteroatoms. The van der Waals surface area contributed by atoms with Crippen LogP contribution in [0.2, 0.25) is 15.1 Å². The summed E-state index contributed by atoms with van der Waals surface area (Å²) < 4.78 is 19.7. The molecule has 27 heavy (non-hydrogen) atoms. The minimum atomic E-state index is -0.511. The Balaban J connectivity index is 1.80. The van der Waals surface area contributed by atoms with Crippen molar-refractivity contribution in [2.45, 2.75) is 13.5 Å². The first-order chi connectivity index (χ1) is 12.9. The molecule has 1 aromatic heterocycles. The van der Waals surface area contributed by atoms with E-state index in [2.05, 4.69) is 4.98 Å². The molecule has 3 aromatic rings. The second-order valence-electron chi connectivity index (χ2n) is 5.41. The third-order valence-electron chi connectivity index (χ3n) is 3.49. The van der Waals surface area contributed by atoms with Gasteiger partial charge < -0.3 is 4.74 Å². The van der Waals surface area contributed by atoms with Gasteiger partial charge in [0.2, 0.25) is 5.91 Å². The van der Waals surface area contributed by atoms with Crippen molar-refractivity contribution in [1.82, 2.24) is 4.98 Å². The van der Waals surface area contributed by atoms with Crippen LogP contribution in [0.3, 0.4) is 0 Å². The van der Waals surface area contributed by atoms with Crippen molar-refractivity contribution in [3.63, 3.8) is 0 Å². The minimum absolute atomic E-state index is 0.0944. The summed E-state index contributed by atoms with van der Waals surface area (Å²) in [6, 6.07) is 9.01. The average molecular weight is 446 g/mol. The number of hydrogen-bond donors (Lipinski definition) is 0. The maximum Gasteiger partial charge on any atom is 0.230 e. The SMILES string of the molecule is CC(=O)N(c1nc(COc2cc(Cl)c(Cl)cc2Cl)cs1)c1ccccc1F. The van der Waals surface area contributed by atoms with Crippen molar-refractivity contribution in [2.24, 2.45) is 0 Å². The van der Waals surface area contributed by atoms with Crippen LogP contribution in [0, 0.1) is 5.82 Å². The summed E-state index contributed by atoms with van der Waals surface area (Å²) in [4.78, 5) is 17.6. The van der Waals surface area contributed by atoms with Crippen LogP contribution >= 0.6 is 46.1 Å². The third-order valence-corrected chi connectivity index (χ3v) is 5.38. The first kappa shape index (κ1) is 19.9. The van der Waals surface area contributed by atoms with Crippen LogP contribution < -0.4 is 9.64 Å². The molecule has 0 bridgehead atoms. The lowest BCUT2D eigenvalue weighted by molar-refractivity contribution is -0.115. The monoisotopic (exact) mass is 444 g/mol. The molecule has 1 heterocycles. The van der Waals surface area contributed by atoms with E-state index in [0.717, 1.165) is 0 Å². The van der Waals surface area contributed by atoms with Crippen molar-refractivity contribution in [2.75, 3.05) is 4.90 Å². The molecule has 0 saturated heterocycles. The Morgan fingerprint density at radius 2 is 1.89 bits per heavy atom. The van der Waals surface area contributed by atoms with E-state index in [-0.39, 0.29) is 18.2 Å². The molecule has 3 rings (SSSR count). The number of benzene rings is 2. The Bertz CT molecular complexity index is 996. The van der Waals surface area contributed by atoms with Crippen LogP contribution in [-0.2, 0) is 11.4 Å². The summed E-state index contributed by atoms with van der Waals surface area (Å²) in [6.45, 7) is 1.44. The van der Waals surface area contributed by atoms with Gasteiger partial charge in [-0.05, 0) is 18.2 Å². The van der Waals surface area contributed by atoms with Crippen LogP contribution in [0.25, 0.3) is 0 Å². The number of amides is 1. The molecular formula is C18H12Cl3FN2O2S. The lowest BCUT2D eigenvalue weighted by Crippen LogP contribution is -2.23. The number of ether oxygens (including phenoxy) is 1. The molecule has 0 fully saturated rings. The van der Waals surface area contributed by atoms with E-state index < -0.39 is 5.82 Å². The van der Waals surface area contributed by atoms with Gasteiger partial charge in [-0.2, -0.15) is 0 Å². The van der Waals surface area contributed by atoms with E-state index in [1.54, 1.807) is 17.5 Å². The molecule has 1 amide bonds. The maximum absolute atomic E-state index is 14.1. The highest BCUT2D eigenvalue weighted by molar-refractivity contribution is 7.14. The van der Waals surface area contributed by atoms with Gasteiger partial charge in [0.1, 0.15) is 18.2 Å². The zero-order valence-corrected chi connectivity index (χ0v) is 17.0. The molecule has 0 aliphatic rings. The van der Waals surface area contributed by atoms with Gasteiger partial charge in [0.15, 0.2) is 5.13 Å². The van der Waals surface area contributed by atoms with Gasteiger partial charge in [-0.15, -0.1) is 11.3 Å². The number of carbonyl (C=O) groups is 1. The molecule has 0 radical (unpaired) electrons. The average Bonchev–Trinajstić information content (AvgIpc) is 3.07. The zero-order valence-electron chi connectivity index (χ0n) is 13.9. The molecule has 2 aromatic carbocycles. The molecule has 140 valence electrons. The van der Waals surface area contributed by atoms with E-state index in [0.29, 0.717) is 31.6 Å². The van der Waals surface area contributed by atoms with Crippen LogP contribution in [0.15, 0.2) is 41.8 Å². The van der Waals surface area contributed by atoms with Crippen molar-refractivity contribution in [1.29, 1.82) is 0 Å². The quantitative estimate of drug-likeness (QED) is 0.421. The first-order valence-electron chi connectivity index (χ1n) is 7.63. The predicted octanol–water partition coefficient (Wildman–Crippen LogP) is 6.51. The van der Waals surface area contributed by atoms with E-state index in [1.807, 2.05) is 0 Å². The maximum atomic E-state index is 14.1. The summed E-state index contributed by atoms with van der Waals surface area (Å²) in [5, 5.41) is 3.02. The van der Waals surface area contributed by atoms with E-state index >= 15 is 0 Å². The van der Waals surface area contributed by atoms with E-state index in [9.17, 15) is 9.18 Å². The molecule has 0 spiro atoms. The van der Waals surface area contributed by atoms with Gasteiger partial charge in [0.25, 0.3) is 0 Å². The van der Waals surface area contributed by atoms with Crippen molar-refractivity contribution < 1.29 is 13.9 Å². The molecule has 0 aliphatic carbocycles. The molecule has 0 N–H and O–H groups in total. The van der Waals surface area contributed by atoms with Gasteiger partial charge in [0, 0.05) is 18.4 Å². The van der Waals surface area contributed by atoms with Gasteiger partial charge in [-0.3, -0.25) is 9.69 Å². The van der Waals surface area contributed by atoms with Crippen LogP contribution in [0.1, 0.15) is 12.6 Å². The fourth-order valence-corrected chi connectivity index (χ4v) is 3.73. The second kappa shape index (κ2) is 8.44. The number of rotatable bonds is 5. The van der Waals surface area contributed by atoms with Gasteiger partial charge >= 0.3 is 0 Å². The highest BCUT2D eigenvalue weighted by atomic mass is 35.5. The summed E-state index contributed by atoms with van der Waals surface area (Å²) in [5.74, 6) is -0.504. The minimum Gasteiger partial charge on any atom is -0.486 e. The molecule has 0 saturated carbocycles. The Kier molecular flexibility index (Phi) is 6.22. The zero-order chi connectivity index (χ0) is 19.6. The summed E-state index contributed by atoms with van der Waals surface area (Å²) in [6.07, 6.45) is 0. The Morgan fingerprint density at radius 3 is 2.59 bits per heavy atom. The van der Waals surface area contributed by atoms with Crippen LogP contribution in [0.5, 0.6) is 5.75 Å². The summed E-state index contributed by atoms with van der Waals surface area (Å²) in [7, 11) is 0. The highest BCUT2D eigenvalue weighted by Crippen LogP contribution is 2.35.